The standard InChI is InChI=1S/C14H17ClN4OS/c1-9-18-12(8-21-9)4-5-17-7-11-3-2-10(6-13(11)15)14(16)19-20/h2-3,6,8,17,20H,4-5,7H2,1H3,(H2,16,19). The van der Waals surface area contributed by atoms with Crippen LogP contribution in [0.4, 0.5) is 0 Å². The van der Waals surface area contributed by atoms with Gasteiger partial charge in [0.1, 0.15) is 0 Å². The number of nitrogens with zero attached hydrogens (tertiary/aromatic N) is 2. The molecule has 4 N–H and O–H groups in total. The number of thiazole rings is 1. The average molecular weight is 325 g/mol. The van der Waals surface area contributed by atoms with Gasteiger partial charge in [0.25, 0.3) is 0 Å². The fourth-order valence-corrected chi connectivity index (χ4v) is 2.76. The second kappa shape index (κ2) is 7.40. The monoisotopic (exact) mass is 324 g/mol. The van der Waals surface area contributed by atoms with Crippen molar-refractivity contribution in [3.8, 4) is 0 Å². The Bertz CT molecular complexity index is 642. The summed E-state index contributed by atoms with van der Waals surface area (Å²) in [7, 11) is 0. The van der Waals surface area contributed by atoms with Crippen LogP contribution < -0.4 is 11.1 Å². The number of hydrogen-bond donors (Lipinski definition) is 3. The second-order valence-corrected chi connectivity index (χ2v) is 6.05. The Kier molecular flexibility index (Phi) is 5.55. The highest BCUT2D eigenvalue weighted by Crippen LogP contribution is 2.18. The number of aryl methyl sites for hydroxylation is 1. The zero-order valence-electron chi connectivity index (χ0n) is 11.6. The van der Waals surface area contributed by atoms with Crippen molar-refractivity contribution in [2.75, 3.05) is 6.54 Å². The third-order valence-corrected chi connectivity index (χ3v) is 4.17. The third kappa shape index (κ3) is 4.42. The van der Waals surface area contributed by atoms with Crippen LogP contribution in [0.2, 0.25) is 5.02 Å². The van der Waals surface area contributed by atoms with Crippen LogP contribution in [0.15, 0.2) is 28.7 Å². The lowest BCUT2D eigenvalue weighted by Crippen LogP contribution is -2.18. The molecule has 0 amide bonds. The van der Waals surface area contributed by atoms with Gasteiger partial charge < -0.3 is 16.3 Å². The first-order valence-corrected chi connectivity index (χ1v) is 7.74. The van der Waals surface area contributed by atoms with Crippen molar-refractivity contribution < 1.29 is 5.21 Å². The summed E-state index contributed by atoms with van der Waals surface area (Å²) < 4.78 is 0. The molecule has 5 nitrogen and oxygen atoms in total. The summed E-state index contributed by atoms with van der Waals surface area (Å²) in [5, 5.41) is 18.7. The third-order valence-electron chi connectivity index (χ3n) is 3.00. The van der Waals surface area contributed by atoms with E-state index in [2.05, 4.69) is 20.8 Å². The Morgan fingerprint density at radius 1 is 1.52 bits per heavy atom. The summed E-state index contributed by atoms with van der Waals surface area (Å²) in [4.78, 5) is 4.41. The molecule has 0 saturated heterocycles. The number of oxime groups is 1. The van der Waals surface area contributed by atoms with E-state index in [1.807, 2.05) is 13.0 Å². The molecule has 7 heteroatoms. The first-order valence-electron chi connectivity index (χ1n) is 6.48. The zero-order valence-corrected chi connectivity index (χ0v) is 13.2. The van der Waals surface area contributed by atoms with Gasteiger partial charge in [-0.1, -0.05) is 28.9 Å². The van der Waals surface area contributed by atoms with Gasteiger partial charge in [-0.25, -0.2) is 4.98 Å². The number of rotatable bonds is 6. The van der Waals surface area contributed by atoms with Crippen molar-refractivity contribution >= 4 is 28.8 Å². The Hall–Kier alpha value is -1.63. The first-order chi connectivity index (χ1) is 10.1. The maximum absolute atomic E-state index is 8.63. The number of nitrogens with two attached hydrogens (primary N) is 1. The van der Waals surface area contributed by atoms with Crippen LogP contribution in [0.3, 0.4) is 0 Å². The fourth-order valence-electron chi connectivity index (χ4n) is 1.87. The summed E-state index contributed by atoms with van der Waals surface area (Å²) in [6.07, 6.45) is 0.893. The summed E-state index contributed by atoms with van der Waals surface area (Å²) in [5.74, 6) is 0.0512. The molecule has 0 aliphatic heterocycles. The number of aromatic nitrogens is 1. The molecule has 0 bridgehead atoms. The van der Waals surface area contributed by atoms with Crippen molar-refractivity contribution in [3.63, 3.8) is 0 Å². The fraction of sp³-hybridized carbons (Fsp3) is 0.286. The lowest BCUT2D eigenvalue weighted by molar-refractivity contribution is 0.318. The molecule has 0 saturated carbocycles. The van der Waals surface area contributed by atoms with E-state index in [0.29, 0.717) is 17.1 Å². The van der Waals surface area contributed by atoms with Crippen LogP contribution in [0.1, 0.15) is 21.8 Å². The molecule has 0 spiro atoms. The highest BCUT2D eigenvalue weighted by atomic mass is 35.5. The predicted octanol–water partition coefficient (Wildman–Crippen LogP) is 2.53. The molecule has 0 fully saturated rings. The maximum atomic E-state index is 8.63. The van der Waals surface area contributed by atoms with E-state index < -0.39 is 0 Å². The van der Waals surface area contributed by atoms with Gasteiger partial charge in [-0.05, 0) is 18.6 Å². The van der Waals surface area contributed by atoms with Crippen molar-refractivity contribution in [1.29, 1.82) is 0 Å². The molecular weight excluding hydrogens is 308 g/mol. The molecule has 0 radical (unpaired) electrons. The molecule has 2 rings (SSSR count). The van der Waals surface area contributed by atoms with E-state index in [-0.39, 0.29) is 5.84 Å². The van der Waals surface area contributed by atoms with Gasteiger partial charge in [0.05, 0.1) is 10.7 Å². The smallest absolute Gasteiger partial charge is 0.170 e. The van der Waals surface area contributed by atoms with E-state index in [1.54, 1.807) is 23.5 Å². The number of amidine groups is 1. The largest absolute Gasteiger partial charge is 0.409 e. The summed E-state index contributed by atoms with van der Waals surface area (Å²) in [6.45, 7) is 3.50. The minimum absolute atomic E-state index is 0.0512. The van der Waals surface area contributed by atoms with Crippen molar-refractivity contribution in [1.82, 2.24) is 10.3 Å². The number of benzene rings is 1. The van der Waals surface area contributed by atoms with Crippen molar-refractivity contribution in [3.05, 3.63) is 50.4 Å². The Labute approximate surface area is 132 Å². The van der Waals surface area contributed by atoms with Gasteiger partial charge in [-0.2, -0.15) is 0 Å². The normalized spacial score (nSPS) is 11.8. The molecule has 112 valence electrons. The van der Waals surface area contributed by atoms with Gasteiger partial charge in [-0.3, -0.25) is 0 Å². The van der Waals surface area contributed by atoms with Gasteiger partial charge >= 0.3 is 0 Å². The summed E-state index contributed by atoms with van der Waals surface area (Å²) in [5.41, 5.74) is 8.20. The number of hydrogen-bond acceptors (Lipinski definition) is 5. The molecular formula is C14H17ClN4OS. The minimum atomic E-state index is 0.0512. The predicted molar refractivity (Wildman–Crippen MR) is 86.2 cm³/mol. The molecule has 0 aliphatic carbocycles. The molecule has 0 aliphatic rings. The molecule has 0 unspecified atom stereocenters. The lowest BCUT2D eigenvalue weighted by Gasteiger charge is -2.08. The van der Waals surface area contributed by atoms with E-state index in [1.165, 1.54) is 0 Å². The van der Waals surface area contributed by atoms with Gasteiger partial charge in [0.2, 0.25) is 0 Å². The Morgan fingerprint density at radius 3 is 2.95 bits per heavy atom. The van der Waals surface area contributed by atoms with Crippen LogP contribution in [-0.2, 0) is 13.0 Å². The van der Waals surface area contributed by atoms with Crippen LogP contribution in [0.25, 0.3) is 0 Å². The molecule has 1 heterocycles. The summed E-state index contributed by atoms with van der Waals surface area (Å²) >= 11 is 7.85. The molecule has 1 aromatic heterocycles. The molecule has 0 atom stereocenters. The van der Waals surface area contributed by atoms with Crippen molar-refractivity contribution in [2.24, 2.45) is 10.9 Å². The van der Waals surface area contributed by atoms with E-state index >= 15 is 0 Å². The quantitative estimate of drug-likeness (QED) is 0.251. The van der Waals surface area contributed by atoms with Gasteiger partial charge in [-0.15, -0.1) is 11.3 Å². The van der Waals surface area contributed by atoms with Crippen LogP contribution >= 0.6 is 22.9 Å². The SMILES string of the molecule is Cc1nc(CCNCc2ccc(/C(N)=N/O)cc2Cl)cs1. The highest BCUT2D eigenvalue weighted by Gasteiger charge is 2.05. The average Bonchev–Trinajstić information content (AvgIpc) is 2.89. The first kappa shape index (κ1) is 15.8. The van der Waals surface area contributed by atoms with Crippen LogP contribution in [0.5, 0.6) is 0 Å². The molecule has 21 heavy (non-hydrogen) atoms. The summed E-state index contributed by atoms with van der Waals surface area (Å²) in [6, 6.07) is 5.34. The maximum Gasteiger partial charge on any atom is 0.170 e. The van der Waals surface area contributed by atoms with E-state index in [9.17, 15) is 0 Å². The van der Waals surface area contributed by atoms with Crippen LogP contribution in [0, 0.1) is 6.92 Å². The molecule has 2 aromatic rings. The van der Waals surface area contributed by atoms with Crippen LogP contribution in [-0.4, -0.2) is 22.6 Å². The van der Waals surface area contributed by atoms with E-state index in [4.69, 9.17) is 22.5 Å². The topological polar surface area (TPSA) is 83.5 Å². The highest BCUT2D eigenvalue weighted by molar-refractivity contribution is 7.09. The number of nitrogens with one attached hydrogen (secondary N) is 1. The zero-order chi connectivity index (χ0) is 15.2. The van der Waals surface area contributed by atoms with Gasteiger partial charge in [0.15, 0.2) is 5.84 Å². The lowest BCUT2D eigenvalue weighted by atomic mass is 10.1. The van der Waals surface area contributed by atoms with Gasteiger partial charge in [0, 0.05) is 35.5 Å². The Balaban J connectivity index is 1.86. The molecule has 1 aromatic carbocycles. The Morgan fingerprint density at radius 2 is 2.33 bits per heavy atom. The second-order valence-electron chi connectivity index (χ2n) is 4.58. The minimum Gasteiger partial charge on any atom is -0.409 e. The van der Waals surface area contributed by atoms with E-state index in [0.717, 1.165) is 29.2 Å². The number of halogens is 1. The van der Waals surface area contributed by atoms with Crippen molar-refractivity contribution in [2.45, 2.75) is 19.9 Å².